The molecule has 194 valence electrons. The summed E-state index contributed by atoms with van der Waals surface area (Å²) in [5.74, 6) is -3.32. The van der Waals surface area contributed by atoms with Crippen LogP contribution in [0.2, 0.25) is 0 Å². The van der Waals surface area contributed by atoms with Gasteiger partial charge in [0.05, 0.1) is 6.04 Å². The van der Waals surface area contributed by atoms with Crippen LogP contribution in [-0.2, 0) is 24.0 Å². The number of aliphatic carboxylic acids is 2. The molecule has 4 unspecified atom stereocenters. The van der Waals surface area contributed by atoms with Crippen molar-refractivity contribution in [3.63, 3.8) is 0 Å². The van der Waals surface area contributed by atoms with E-state index in [9.17, 15) is 29.1 Å². The second-order valence-electron chi connectivity index (χ2n) is 8.26. The van der Waals surface area contributed by atoms with E-state index in [1.54, 1.807) is 0 Å². The first-order chi connectivity index (χ1) is 16.1. The molecule has 0 aromatic carbocycles. The van der Waals surface area contributed by atoms with Crippen molar-refractivity contribution in [2.24, 2.45) is 11.5 Å². The van der Waals surface area contributed by atoms with Crippen LogP contribution >= 0.6 is 11.8 Å². The van der Waals surface area contributed by atoms with Gasteiger partial charge < -0.3 is 37.2 Å². The van der Waals surface area contributed by atoms with Gasteiger partial charge in [-0.15, -0.1) is 0 Å². The molecule has 12 nitrogen and oxygen atoms in total. The van der Waals surface area contributed by atoms with Gasteiger partial charge in [-0.25, -0.2) is 4.79 Å². The zero-order valence-electron chi connectivity index (χ0n) is 19.5. The molecule has 8 N–H and O–H groups in total. The van der Waals surface area contributed by atoms with Gasteiger partial charge in [0.2, 0.25) is 17.7 Å². The first kappa shape index (κ1) is 29.7. The number of nitrogens with two attached hydrogens (primary N) is 2. The minimum absolute atomic E-state index is 0.0459. The third-order valence-electron chi connectivity index (χ3n) is 5.63. The zero-order valence-corrected chi connectivity index (χ0v) is 20.3. The highest BCUT2D eigenvalue weighted by Gasteiger charge is 2.37. The Bertz CT molecular complexity index is 724. The van der Waals surface area contributed by atoms with E-state index in [0.717, 1.165) is 0 Å². The highest BCUT2D eigenvalue weighted by molar-refractivity contribution is 7.98. The van der Waals surface area contributed by atoms with Crippen LogP contribution in [0.3, 0.4) is 0 Å². The van der Waals surface area contributed by atoms with E-state index in [4.69, 9.17) is 16.6 Å². The number of thioether (sulfide) groups is 1. The van der Waals surface area contributed by atoms with Gasteiger partial charge in [-0.05, 0) is 63.5 Å². The van der Waals surface area contributed by atoms with E-state index < -0.39 is 53.8 Å². The molecule has 0 aromatic heterocycles. The lowest BCUT2D eigenvalue weighted by atomic mass is 10.1. The number of amides is 3. The Hall–Kier alpha value is -2.38. The quantitative estimate of drug-likeness (QED) is 0.143. The molecule has 0 radical (unpaired) electrons. The van der Waals surface area contributed by atoms with Gasteiger partial charge in [0.15, 0.2) is 0 Å². The molecule has 34 heavy (non-hydrogen) atoms. The molecule has 1 fully saturated rings. The summed E-state index contributed by atoms with van der Waals surface area (Å²) in [6, 6.07) is -3.93. The van der Waals surface area contributed by atoms with Crippen LogP contribution in [0, 0.1) is 0 Å². The van der Waals surface area contributed by atoms with Gasteiger partial charge in [0.1, 0.15) is 18.1 Å². The monoisotopic (exact) mass is 503 g/mol. The van der Waals surface area contributed by atoms with Crippen molar-refractivity contribution in [1.29, 1.82) is 0 Å². The number of likely N-dealkylation sites (tertiary alicyclic amines) is 1. The summed E-state index contributed by atoms with van der Waals surface area (Å²) in [6.45, 7) is 0.713. The maximum absolute atomic E-state index is 13.0. The summed E-state index contributed by atoms with van der Waals surface area (Å²) < 4.78 is 0. The molecule has 0 bridgehead atoms. The Balaban J connectivity index is 2.87. The topological polar surface area (TPSA) is 205 Å². The van der Waals surface area contributed by atoms with E-state index in [0.29, 0.717) is 44.5 Å². The van der Waals surface area contributed by atoms with E-state index in [-0.39, 0.29) is 25.7 Å². The van der Waals surface area contributed by atoms with E-state index in [1.807, 2.05) is 6.26 Å². The summed E-state index contributed by atoms with van der Waals surface area (Å²) in [5, 5.41) is 23.4. The van der Waals surface area contributed by atoms with Crippen LogP contribution in [0.5, 0.6) is 0 Å². The molecule has 3 amide bonds. The van der Waals surface area contributed by atoms with Crippen molar-refractivity contribution in [1.82, 2.24) is 15.5 Å². The van der Waals surface area contributed by atoms with Gasteiger partial charge in [-0.2, -0.15) is 11.8 Å². The third-order valence-corrected chi connectivity index (χ3v) is 6.27. The van der Waals surface area contributed by atoms with Crippen molar-refractivity contribution < 1.29 is 34.2 Å². The number of hydrogen-bond acceptors (Lipinski definition) is 8. The number of carboxylic acid groups (broad SMARTS) is 2. The van der Waals surface area contributed by atoms with Crippen LogP contribution in [0.4, 0.5) is 0 Å². The second kappa shape index (κ2) is 15.5. The molecule has 4 atom stereocenters. The summed E-state index contributed by atoms with van der Waals surface area (Å²) in [6.07, 6.45) is 4.15. The Morgan fingerprint density at radius 2 is 1.76 bits per heavy atom. The first-order valence-electron chi connectivity index (χ1n) is 11.4. The predicted molar refractivity (Wildman–Crippen MR) is 127 cm³/mol. The van der Waals surface area contributed by atoms with Crippen molar-refractivity contribution in [2.45, 2.75) is 75.5 Å². The fraction of sp³-hybridized carbons (Fsp3) is 0.762. The van der Waals surface area contributed by atoms with E-state index in [1.165, 1.54) is 16.7 Å². The highest BCUT2D eigenvalue weighted by atomic mass is 32.2. The predicted octanol–water partition coefficient (Wildman–Crippen LogP) is -0.894. The zero-order chi connectivity index (χ0) is 25.7. The lowest BCUT2D eigenvalue weighted by molar-refractivity contribution is -0.143. The van der Waals surface area contributed by atoms with Gasteiger partial charge in [-0.1, -0.05) is 0 Å². The molecule has 1 aliphatic heterocycles. The van der Waals surface area contributed by atoms with Crippen molar-refractivity contribution >= 4 is 41.4 Å². The van der Waals surface area contributed by atoms with E-state index in [2.05, 4.69) is 10.6 Å². The molecule has 1 rings (SSSR count). The third kappa shape index (κ3) is 9.85. The maximum Gasteiger partial charge on any atom is 0.326 e. The minimum atomic E-state index is -1.16. The highest BCUT2D eigenvalue weighted by Crippen LogP contribution is 2.20. The fourth-order valence-corrected chi connectivity index (χ4v) is 4.18. The Morgan fingerprint density at radius 1 is 1.06 bits per heavy atom. The van der Waals surface area contributed by atoms with Gasteiger partial charge >= 0.3 is 11.9 Å². The maximum atomic E-state index is 13.0. The number of hydrogen-bond donors (Lipinski definition) is 6. The van der Waals surface area contributed by atoms with Crippen LogP contribution in [-0.4, -0.2) is 94.0 Å². The molecule has 0 saturated carbocycles. The first-order valence-corrected chi connectivity index (χ1v) is 12.8. The molecule has 0 spiro atoms. The van der Waals surface area contributed by atoms with Gasteiger partial charge in [-0.3, -0.25) is 19.2 Å². The molecule has 1 heterocycles. The summed E-state index contributed by atoms with van der Waals surface area (Å²) in [7, 11) is 0. The number of carboxylic acids is 2. The Morgan fingerprint density at radius 3 is 2.35 bits per heavy atom. The summed E-state index contributed by atoms with van der Waals surface area (Å²) in [5.41, 5.74) is 11.4. The van der Waals surface area contributed by atoms with Crippen molar-refractivity contribution in [3.8, 4) is 0 Å². The summed E-state index contributed by atoms with van der Waals surface area (Å²) >= 11 is 1.46. The number of rotatable bonds is 16. The molecular weight excluding hydrogens is 466 g/mol. The smallest absolute Gasteiger partial charge is 0.326 e. The van der Waals surface area contributed by atoms with E-state index >= 15 is 0 Å². The Labute approximate surface area is 203 Å². The average Bonchev–Trinajstić information content (AvgIpc) is 3.28. The number of unbranched alkanes of at least 4 members (excludes halogenated alkanes) is 1. The SMILES string of the molecule is CSCCC(NC(=O)C(CCCCN)NC(=O)C1CCCN1C(=O)C(N)CCC(=O)O)C(=O)O. The number of nitrogens with zero attached hydrogens (tertiary/aromatic N) is 1. The molecule has 1 saturated heterocycles. The lowest BCUT2D eigenvalue weighted by Crippen LogP contribution is -2.56. The van der Waals surface area contributed by atoms with Crippen LogP contribution in [0.15, 0.2) is 0 Å². The normalized spacial score (nSPS) is 18.1. The van der Waals surface area contributed by atoms with Crippen molar-refractivity contribution in [3.05, 3.63) is 0 Å². The largest absolute Gasteiger partial charge is 0.481 e. The number of carbonyl (C=O) groups is 5. The molecule has 0 aromatic rings. The molecule has 0 aliphatic carbocycles. The number of carbonyl (C=O) groups excluding carboxylic acids is 3. The van der Waals surface area contributed by atoms with Crippen LogP contribution in [0.25, 0.3) is 0 Å². The minimum Gasteiger partial charge on any atom is -0.481 e. The van der Waals surface area contributed by atoms with Gasteiger partial charge in [0.25, 0.3) is 0 Å². The average molecular weight is 504 g/mol. The van der Waals surface area contributed by atoms with Crippen molar-refractivity contribution in [2.75, 3.05) is 25.1 Å². The van der Waals surface area contributed by atoms with Crippen LogP contribution < -0.4 is 22.1 Å². The molecule has 13 heteroatoms. The molecule has 1 aliphatic rings. The Kier molecular flexibility index (Phi) is 13.5. The summed E-state index contributed by atoms with van der Waals surface area (Å²) in [4.78, 5) is 62.2. The number of nitrogens with one attached hydrogen (secondary N) is 2. The lowest BCUT2D eigenvalue weighted by Gasteiger charge is -2.28. The second-order valence-corrected chi connectivity index (χ2v) is 9.24. The van der Waals surface area contributed by atoms with Crippen LogP contribution in [0.1, 0.15) is 51.4 Å². The fourth-order valence-electron chi connectivity index (χ4n) is 3.71. The van der Waals surface area contributed by atoms with Gasteiger partial charge in [0, 0.05) is 13.0 Å². The standard InChI is InChI=1S/C21H37N5O7S/c1-34-12-9-15(21(32)33)25-18(29)14(5-2-3-10-22)24-19(30)16-6-4-11-26(16)20(31)13(23)7-8-17(27)28/h13-16H,2-12,22-23H2,1H3,(H,24,30)(H,25,29)(H,27,28)(H,32,33). The molecular formula is C21H37N5O7S.